The number of anilines is 1. The quantitative estimate of drug-likeness (QED) is 0.909. The van der Waals surface area contributed by atoms with Gasteiger partial charge in [-0.1, -0.05) is 23.7 Å². The molecule has 2 rings (SSSR count). The number of nitrogens with two attached hydrogens (primary N) is 1. The number of nitrogen functional groups attached to an aromatic ring is 1. The Kier molecular flexibility index (Phi) is 3.33. The van der Waals surface area contributed by atoms with Crippen LogP contribution in [0.1, 0.15) is 19.1 Å². The highest BCUT2D eigenvalue weighted by Gasteiger charge is 2.17. The summed E-state index contributed by atoms with van der Waals surface area (Å²) in [5, 5.41) is 4.03. The highest BCUT2D eigenvalue weighted by Crippen LogP contribution is 2.35. The van der Waals surface area contributed by atoms with E-state index in [0.717, 1.165) is 6.42 Å². The molecule has 0 aliphatic carbocycles. The van der Waals surface area contributed by atoms with E-state index < -0.39 is 0 Å². The summed E-state index contributed by atoms with van der Waals surface area (Å²) in [5.74, 6) is 0.575. The third kappa shape index (κ3) is 2.26. The monoisotopic (exact) mass is 254 g/mol. The molecule has 1 aromatic carbocycles. The lowest BCUT2D eigenvalue weighted by Gasteiger charge is -2.04. The van der Waals surface area contributed by atoms with Crippen molar-refractivity contribution in [3.05, 3.63) is 34.8 Å². The van der Waals surface area contributed by atoms with Gasteiger partial charge in [0.1, 0.15) is 11.6 Å². The molecule has 0 bridgehead atoms. The summed E-state index contributed by atoms with van der Waals surface area (Å²) in [5.41, 5.74) is 7.07. The van der Waals surface area contributed by atoms with Crippen LogP contribution < -0.4 is 5.73 Å². The van der Waals surface area contributed by atoms with Crippen LogP contribution in [0.15, 0.2) is 22.7 Å². The van der Waals surface area contributed by atoms with Crippen molar-refractivity contribution in [2.75, 3.05) is 5.73 Å². The zero-order chi connectivity index (χ0) is 12.4. The van der Waals surface area contributed by atoms with Crippen molar-refractivity contribution in [2.24, 2.45) is 0 Å². The van der Waals surface area contributed by atoms with Gasteiger partial charge in [0.15, 0.2) is 5.82 Å². The van der Waals surface area contributed by atoms with E-state index in [4.69, 9.17) is 21.9 Å². The largest absolute Gasteiger partial charge is 0.380 e. The zero-order valence-electron chi connectivity index (χ0n) is 9.34. The second-order valence-corrected chi connectivity index (χ2v) is 4.15. The Balaban J connectivity index is 2.55. The second kappa shape index (κ2) is 4.75. The molecule has 1 aromatic heterocycles. The average Bonchev–Trinajstić information content (AvgIpc) is 2.62. The predicted octanol–water partition coefficient (Wildman–Crippen LogP) is 3.67. The first-order chi connectivity index (χ1) is 8.13. The highest BCUT2D eigenvalue weighted by atomic mass is 35.5. The standard InChI is InChI=1S/C12H12ClFN2O/c1-2-3-10-11(12(15)16-17-10)8-5-4-7(14)6-9(8)13/h4-6H,2-3H2,1H3,(H2,15,16). The number of nitrogens with zero attached hydrogens (tertiary/aromatic N) is 1. The molecular formula is C12H12ClFN2O. The van der Waals surface area contributed by atoms with E-state index in [1.54, 1.807) is 6.07 Å². The van der Waals surface area contributed by atoms with Crippen LogP contribution in [0.4, 0.5) is 10.2 Å². The molecule has 0 unspecified atom stereocenters. The molecule has 2 aromatic rings. The Labute approximate surface area is 103 Å². The van der Waals surface area contributed by atoms with Gasteiger partial charge >= 0.3 is 0 Å². The average molecular weight is 255 g/mol. The van der Waals surface area contributed by atoms with Crippen molar-refractivity contribution in [1.29, 1.82) is 0 Å². The molecule has 0 atom stereocenters. The number of hydrogen-bond acceptors (Lipinski definition) is 3. The molecule has 0 saturated carbocycles. The Morgan fingerprint density at radius 3 is 2.88 bits per heavy atom. The maximum Gasteiger partial charge on any atom is 0.175 e. The Bertz CT molecular complexity index is 539. The number of benzene rings is 1. The summed E-state index contributed by atoms with van der Waals surface area (Å²) in [6, 6.07) is 4.17. The van der Waals surface area contributed by atoms with Gasteiger partial charge in [0.2, 0.25) is 0 Å². The first kappa shape index (κ1) is 11.9. The van der Waals surface area contributed by atoms with Gasteiger partial charge in [0.25, 0.3) is 0 Å². The van der Waals surface area contributed by atoms with Crippen LogP contribution in [0.3, 0.4) is 0 Å². The number of hydrogen-bond donors (Lipinski definition) is 1. The molecule has 0 spiro atoms. The molecule has 5 heteroatoms. The van der Waals surface area contributed by atoms with E-state index in [0.29, 0.717) is 28.3 Å². The molecule has 0 amide bonds. The molecule has 0 radical (unpaired) electrons. The molecule has 0 aliphatic heterocycles. The van der Waals surface area contributed by atoms with E-state index in [1.165, 1.54) is 12.1 Å². The van der Waals surface area contributed by atoms with Gasteiger partial charge in [-0.3, -0.25) is 0 Å². The first-order valence-corrected chi connectivity index (χ1v) is 5.70. The van der Waals surface area contributed by atoms with E-state index in [1.807, 2.05) is 6.92 Å². The van der Waals surface area contributed by atoms with Crippen LogP contribution in [-0.4, -0.2) is 5.16 Å². The maximum atomic E-state index is 13.0. The Morgan fingerprint density at radius 1 is 1.47 bits per heavy atom. The van der Waals surface area contributed by atoms with Crippen molar-refractivity contribution in [3.63, 3.8) is 0 Å². The van der Waals surface area contributed by atoms with Crippen LogP contribution in [0, 0.1) is 5.82 Å². The molecule has 90 valence electrons. The predicted molar refractivity (Wildman–Crippen MR) is 65.3 cm³/mol. The van der Waals surface area contributed by atoms with Crippen LogP contribution >= 0.6 is 11.6 Å². The van der Waals surface area contributed by atoms with E-state index in [2.05, 4.69) is 5.16 Å². The molecule has 0 aliphatic rings. The SMILES string of the molecule is CCCc1onc(N)c1-c1ccc(F)cc1Cl. The van der Waals surface area contributed by atoms with Crippen LogP contribution in [0.5, 0.6) is 0 Å². The minimum Gasteiger partial charge on any atom is -0.380 e. The summed E-state index contributed by atoms with van der Waals surface area (Å²) in [6.07, 6.45) is 1.62. The number of aromatic nitrogens is 1. The fourth-order valence-corrected chi connectivity index (χ4v) is 1.98. The number of rotatable bonds is 3. The first-order valence-electron chi connectivity index (χ1n) is 5.33. The zero-order valence-corrected chi connectivity index (χ0v) is 10.1. The molecule has 0 fully saturated rings. The van der Waals surface area contributed by atoms with Gasteiger partial charge in [0, 0.05) is 12.0 Å². The van der Waals surface area contributed by atoms with E-state index in [-0.39, 0.29) is 11.6 Å². The summed E-state index contributed by atoms with van der Waals surface area (Å²) in [7, 11) is 0. The van der Waals surface area contributed by atoms with Crippen molar-refractivity contribution >= 4 is 17.4 Å². The lowest BCUT2D eigenvalue weighted by atomic mass is 10.0. The normalized spacial score (nSPS) is 10.8. The molecule has 1 heterocycles. The van der Waals surface area contributed by atoms with Gasteiger partial charge in [-0.2, -0.15) is 0 Å². The number of halogens is 2. The van der Waals surface area contributed by atoms with Crippen molar-refractivity contribution in [3.8, 4) is 11.1 Å². The van der Waals surface area contributed by atoms with Crippen LogP contribution in [0.25, 0.3) is 11.1 Å². The molecule has 2 N–H and O–H groups in total. The summed E-state index contributed by atoms with van der Waals surface area (Å²) >= 11 is 6.00. The molecule has 17 heavy (non-hydrogen) atoms. The molecular weight excluding hydrogens is 243 g/mol. The lowest BCUT2D eigenvalue weighted by molar-refractivity contribution is 0.385. The third-order valence-electron chi connectivity index (χ3n) is 2.47. The van der Waals surface area contributed by atoms with Crippen LogP contribution in [0.2, 0.25) is 5.02 Å². The topological polar surface area (TPSA) is 52.0 Å². The summed E-state index contributed by atoms with van der Waals surface area (Å²) < 4.78 is 18.1. The minimum absolute atomic E-state index is 0.280. The smallest absolute Gasteiger partial charge is 0.175 e. The third-order valence-corrected chi connectivity index (χ3v) is 2.78. The summed E-state index contributed by atoms with van der Waals surface area (Å²) in [6.45, 7) is 2.02. The number of aryl methyl sites for hydroxylation is 1. The molecule has 0 saturated heterocycles. The Morgan fingerprint density at radius 2 is 2.24 bits per heavy atom. The highest BCUT2D eigenvalue weighted by molar-refractivity contribution is 6.33. The second-order valence-electron chi connectivity index (χ2n) is 3.74. The lowest BCUT2D eigenvalue weighted by Crippen LogP contribution is -1.92. The van der Waals surface area contributed by atoms with E-state index >= 15 is 0 Å². The van der Waals surface area contributed by atoms with Crippen LogP contribution in [-0.2, 0) is 6.42 Å². The van der Waals surface area contributed by atoms with Crippen molar-refractivity contribution < 1.29 is 8.91 Å². The summed E-state index contributed by atoms with van der Waals surface area (Å²) in [4.78, 5) is 0. The van der Waals surface area contributed by atoms with E-state index in [9.17, 15) is 4.39 Å². The van der Waals surface area contributed by atoms with Gasteiger partial charge in [-0.25, -0.2) is 4.39 Å². The van der Waals surface area contributed by atoms with Gasteiger partial charge in [-0.05, 0) is 24.6 Å². The van der Waals surface area contributed by atoms with Crippen molar-refractivity contribution in [1.82, 2.24) is 5.16 Å². The Hall–Kier alpha value is -1.55. The fourth-order valence-electron chi connectivity index (χ4n) is 1.72. The van der Waals surface area contributed by atoms with Gasteiger partial charge in [0.05, 0.1) is 10.6 Å². The minimum atomic E-state index is -0.384. The maximum absolute atomic E-state index is 13.0. The molecule has 3 nitrogen and oxygen atoms in total. The van der Waals surface area contributed by atoms with Gasteiger partial charge < -0.3 is 10.3 Å². The fraction of sp³-hybridized carbons (Fsp3) is 0.250. The van der Waals surface area contributed by atoms with Crippen molar-refractivity contribution in [2.45, 2.75) is 19.8 Å². The van der Waals surface area contributed by atoms with Gasteiger partial charge in [-0.15, -0.1) is 0 Å².